The van der Waals surface area contributed by atoms with Crippen LogP contribution in [0.25, 0.3) is 11.1 Å². The SMILES string of the molecule is C/C(=C\CNC(=O)OCC1c2ccccc2-c2ccccc21)C(=O)N[C@H]1C=CC[C@H](C(=O)O)C1. The first-order chi connectivity index (χ1) is 16.4. The third-order valence-corrected chi connectivity index (χ3v) is 6.35. The number of ether oxygens (including phenoxy) is 1. The van der Waals surface area contributed by atoms with Gasteiger partial charge in [-0.1, -0.05) is 66.8 Å². The molecule has 176 valence electrons. The second kappa shape index (κ2) is 10.4. The lowest BCUT2D eigenvalue weighted by Crippen LogP contribution is -2.38. The number of allylic oxidation sites excluding steroid dienone is 1. The Morgan fingerprint density at radius 3 is 2.35 bits per heavy atom. The molecule has 0 aliphatic heterocycles. The number of hydrogen-bond donors (Lipinski definition) is 3. The van der Waals surface area contributed by atoms with E-state index < -0.39 is 18.0 Å². The maximum absolute atomic E-state index is 12.4. The van der Waals surface area contributed by atoms with Crippen LogP contribution in [-0.2, 0) is 14.3 Å². The standard InChI is InChI=1S/C27H28N2O5/c1-17(25(30)29-19-8-6-7-18(15-19)26(31)32)13-14-28-27(33)34-16-24-22-11-4-2-9-20(22)21-10-3-5-12-23(21)24/h2-6,8-13,18-19,24H,7,14-16H2,1H3,(H,28,33)(H,29,30)(H,31,32)/b17-13+/t18-,19-/m0/s1. The van der Waals surface area contributed by atoms with E-state index in [4.69, 9.17) is 9.84 Å². The Morgan fingerprint density at radius 1 is 1.06 bits per heavy atom. The molecule has 34 heavy (non-hydrogen) atoms. The number of nitrogens with one attached hydrogen (secondary N) is 2. The molecular weight excluding hydrogens is 432 g/mol. The fraction of sp³-hybridized carbons (Fsp3) is 0.296. The minimum atomic E-state index is -0.858. The van der Waals surface area contributed by atoms with Crippen molar-refractivity contribution < 1.29 is 24.2 Å². The molecule has 0 aromatic heterocycles. The summed E-state index contributed by atoms with van der Waals surface area (Å²) in [4.78, 5) is 35.8. The maximum Gasteiger partial charge on any atom is 0.407 e. The zero-order valence-corrected chi connectivity index (χ0v) is 19.0. The lowest BCUT2D eigenvalue weighted by Gasteiger charge is -2.23. The van der Waals surface area contributed by atoms with Crippen molar-refractivity contribution in [2.45, 2.75) is 31.7 Å². The molecule has 0 radical (unpaired) electrons. The highest BCUT2D eigenvalue weighted by atomic mass is 16.5. The number of benzene rings is 2. The summed E-state index contributed by atoms with van der Waals surface area (Å²) in [5.74, 6) is -1.66. The van der Waals surface area contributed by atoms with Gasteiger partial charge < -0.3 is 20.5 Å². The van der Waals surface area contributed by atoms with E-state index in [2.05, 4.69) is 34.9 Å². The van der Waals surface area contributed by atoms with Crippen LogP contribution in [0.2, 0.25) is 0 Å². The average molecular weight is 461 g/mol. The monoisotopic (exact) mass is 460 g/mol. The Labute approximate surface area is 198 Å². The van der Waals surface area contributed by atoms with Gasteiger partial charge in [-0.25, -0.2) is 4.79 Å². The molecule has 0 fully saturated rings. The molecule has 2 atom stereocenters. The fourth-order valence-electron chi connectivity index (χ4n) is 4.51. The van der Waals surface area contributed by atoms with Crippen LogP contribution < -0.4 is 10.6 Å². The zero-order valence-electron chi connectivity index (χ0n) is 19.0. The smallest absolute Gasteiger partial charge is 0.407 e. The molecule has 0 saturated heterocycles. The van der Waals surface area contributed by atoms with Gasteiger partial charge in [-0.15, -0.1) is 0 Å². The minimum absolute atomic E-state index is 0.0145. The van der Waals surface area contributed by atoms with E-state index in [1.807, 2.05) is 30.3 Å². The number of fused-ring (bicyclic) bond motifs is 3. The molecule has 0 heterocycles. The first-order valence-electron chi connectivity index (χ1n) is 11.4. The van der Waals surface area contributed by atoms with E-state index in [-0.39, 0.29) is 31.0 Å². The van der Waals surface area contributed by atoms with Crippen LogP contribution in [0, 0.1) is 5.92 Å². The van der Waals surface area contributed by atoms with Gasteiger partial charge in [0.1, 0.15) is 6.61 Å². The predicted octanol–water partition coefficient (Wildman–Crippen LogP) is 4.01. The van der Waals surface area contributed by atoms with Crippen molar-refractivity contribution in [1.82, 2.24) is 10.6 Å². The maximum atomic E-state index is 12.4. The highest BCUT2D eigenvalue weighted by Crippen LogP contribution is 2.44. The molecule has 3 N–H and O–H groups in total. The number of carbonyl (C=O) groups excluding carboxylic acids is 2. The van der Waals surface area contributed by atoms with Gasteiger partial charge in [-0.2, -0.15) is 0 Å². The predicted molar refractivity (Wildman–Crippen MR) is 128 cm³/mol. The second-order valence-corrected chi connectivity index (χ2v) is 8.61. The quantitative estimate of drug-likeness (QED) is 0.428. The van der Waals surface area contributed by atoms with Crippen LogP contribution in [-0.4, -0.2) is 42.3 Å². The van der Waals surface area contributed by atoms with Crippen LogP contribution >= 0.6 is 0 Å². The highest BCUT2D eigenvalue weighted by Gasteiger charge is 2.29. The minimum Gasteiger partial charge on any atom is -0.481 e. The normalized spacial score (nSPS) is 19.1. The van der Waals surface area contributed by atoms with Gasteiger partial charge in [-0.05, 0) is 42.0 Å². The van der Waals surface area contributed by atoms with E-state index in [0.717, 1.165) is 11.1 Å². The van der Waals surface area contributed by atoms with Crippen LogP contribution in [0.4, 0.5) is 4.79 Å². The summed E-state index contributed by atoms with van der Waals surface area (Å²) in [5, 5.41) is 14.6. The van der Waals surface area contributed by atoms with Crippen molar-refractivity contribution in [3.05, 3.63) is 83.5 Å². The molecule has 2 aliphatic carbocycles. The lowest BCUT2D eigenvalue weighted by molar-refractivity contribution is -0.142. The number of rotatable bonds is 7. The van der Waals surface area contributed by atoms with Gasteiger partial charge in [-0.3, -0.25) is 9.59 Å². The highest BCUT2D eigenvalue weighted by molar-refractivity contribution is 5.93. The summed E-state index contributed by atoms with van der Waals surface area (Å²) in [6, 6.07) is 16.0. The van der Waals surface area contributed by atoms with Crippen LogP contribution in [0.5, 0.6) is 0 Å². The van der Waals surface area contributed by atoms with Crippen molar-refractivity contribution >= 4 is 18.0 Å². The van der Waals surface area contributed by atoms with E-state index in [1.165, 1.54) is 11.1 Å². The van der Waals surface area contributed by atoms with Gasteiger partial charge in [0.05, 0.1) is 5.92 Å². The van der Waals surface area contributed by atoms with E-state index in [9.17, 15) is 14.4 Å². The molecule has 0 spiro atoms. The molecule has 0 bridgehead atoms. The lowest BCUT2D eigenvalue weighted by atomic mass is 9.91. The van der Waals surface area contributed by atoms with Gasteiger partial charge >= 0.3 is 12.1 Å². The summed E-state index contributed by atoms with van der Waals surface area (Å²) in [6.45, 7) is 2.02. The van der Waals surface area contributed by atoms with Crippen molar-refractivity contribution in [1.29, 1.82) is 0 Å². The third-order valence-electron chi connectivity index (χ3n) is 6.35. The van der Waals surface area contributed by atoms with Gasteiger partial charge in [0.2, 0.25) is 5.91 Å². The summed E-state index contributed by atoms with van der Waals surface area (Å²) < 4.78 is 5.49. The Bertz CT molecular complexity index is 1110. The molecule has 2 amide bonds. The molecule has 7 heteroatoms. The Morgan fingerprint density at radius 2 is 1.71 bits per heavy atom. The Balaban J connectivity index is 1.26. The number of amides is 2. The number of carbonyl (C=O) groups is 3. The molecular formula is C27H28N2O5. The topological polar surface area (TPSA) is 105 Å². The Kier molecular flexibility index (Phi) is 7.11. The van der Waals surface area contributed by atoms with Crippen LogP contribution in [0.15, 0.2) is 72.3 Å². The van der Waals surface area contributed by atoms with Crippen molar-refractivity contribution in [2.75, 3.05) is 13.2 Å². The molecule has 4 rings (SSSR count). The number of carboxylic acids is 1. The van der Waals surface area contributed by atoms with Gasteiger partial charge in [0.25, 0.3) is 0 Å². The van der Waals surface area contributed by atoms with Crippen molar-refractivity contribution in [3.8, 4) is 11.1 Å². The van der Waals surface area contributed by atoms with E-state index >= 15 is 0 Å². The van der Waals surface area contributed by atoms with Crippen LogP contribution in [0.3, 0.4) is 0 Å². The molecule has 2 aromatic carbocycles. The van der Waals surface area contributed by atoms with Gasteiger partial charge in [0, 0.05) is 24.1 Å². The number of aliphatic carboxylic acids is 1. The second-order valence-electron chi connectivity index (χ2n) is 8.61. The first kappa shape index (κ1) is 23.3. The summed E-state index contributed by atoms with van der Waals surface area (Å²) in [7, 11) is 0. The summed E-state index contributed by atoms with van der Waals surface area (Å²) >= 11 is 0. The molecule has 2 aromatic rings. The van der Waals surface area contributed by atoms with Gasteiger partial charge in [0.15, 0.2) is 0 Å². The first-order valence-corrected chi connectivity index (χ1v) is 11.4. The average Bonchev–Trinajstić information content (AvgIpc) is 3.16. The molecule has 2 aliphatic rings. The number of alkyl carbamates (subject to hydrolysis) is 1. The van der Waals surface area contributed by atoms with Crippen LogP contribution in [0.1, 0.15) is 36.8 Å². The van der Waals surface area contributed by atoms with Crippen molar-refractivity contribution in [3.63, 3.8) is 0 Å². The van der Waals surface area contributed by atoms with E-state index in [1.54, 1.807) is 19.1 Å². The molecule has 7 nitrogen and oxygen atoms in total. The Hall–Kier alpha value is -3.87. The van der Waals surface area contributed by atoms with Crippen molar-refractivity contribution in [2.24, 2.45) is 5.92 Å². The molecule has 0 saturated carbocycles. The summed E-state index contributed by atoms with van der Waals surface area (Å²) in [5.41, 5.74) is 5.06. The third kappa shape index (κ3) is 5.20. The molecule has 0 unspecified atom stereocenters. The van der Waals surface area contributed by atoms with E-state index in [0.29, 0.717) is 18.4 Å². The summed E-state index contributed by atoms with van der Waals surface area (Å²) in [6.07, 6.45) is 5.50. The zero-order chi connectivity index (χ0) is 24.1. The fourth-order valence-corrected chi connectivity index (χ4v) is 4.51. The number of carboxylic acid groups (broad SMARTS) is 1. The number of hydrogen-bond acceptors (Lipinski definition) is 4. The largest absolute Gasteiger partial charge is 0.481 e.